The predicted octanol–water partition coefficient (Wildman–Crippen LogP) is -0.940. The molecule has 2 aromatic rings. The van der Waals surface area contributed by atoms with Crippen LogP contribution >= 0.6 is 0 Å². The van der Waals surface area contributed by atoms with Crippen molar-refractivity contribution in [3.63, 3.8) is 0 Å². The van der Waals surface area contributed by atoms with Crippen LogP contribution in [0.4, 0.5) is 11.9 Å². The lowest BCUT2D eigenvalue weighted by atomic mass is 10.6. The van der Waals surface area contributed by atoms with E-state index in [9.17, 15) is 8.42 Å². The Hall–Kier alpha value is -2.27. The Morgan fingerprint density at radius 2 is 1.95 bits per heavy atom. The molecule has 0 radical (unpaired) electrons. The van der Waals surface area contributed by atoms with Crippen molar-refractivity contribution in [1.82, 2.24) is 29.2 Å². The standard InChI is InChI=1S/C10H16N8O2S/c1-11-8-15-9(13-3-4-14-21(2,19)20)17-10(16-8)18-6-5-12-7-18/h5-7,14H,3-4H2,1-2H3,(H2,11,13,15,16,17). The smallest absolute Gasteiger partial charge is 0.241 e. The minimum atomic E-state index is -3.20. The van der Waals surface area contributed by atoms with Crippen LogP contribution in [-0.4, -0.2) is 59.3 Å². The van der Waals surface area contributed by atoms with Gasteiger partial charge in [0.25, 0.3) is 0 Å². The van der Waals surface area contributed by atoms with Crippen LogP contribution in [0.25, 0.3) is 5.95 Å². The van der Waals surface area contributed by atoms with Crippen molar-refractivity contribution in [3.8, 4) is 5.95 Å². The van der Waals surface area contributed by atoms with Crippen LogP contribution in [0.15, 0.2) is 18.7 Å². The van der Waals surface area contributed by atoms with Gasteiger partial charge in [0.1, 0.15) is 6.33 Å². The molecule has 10 nitrogen and oxygen atoms in total. The summed E-state index contributed by atoms with van der Waals surface area (Å²) in [6.07, 6.45) is 6.01. The average molecular weight is 312 g/mol. The van der Waals surface area contributed by atoms with Gasteiger partial charge in [-0.3, -0.25) is 4.57 Å². The van der Waals surface area contributed by atoms with Gasteiger partial charge in [-0.2, -0.15) is 15.0 Å². The molecule has 0 saturated heterocycles. The number of aromatic nitrogens is 5. The maximum absolute atomic E-state index is 11.0. The van der Waals surface area contributed by atoms with E-state index in [0.717, 1.165) is 6.26 Å². The molecule has 2 aromatic heterocycles. The van der Waals surface area contributed by atoms with Crippen molar-refractivity contribution in [2.24, 2.45) is 0 Å². The fourth-order valence-corrected chi connectivity index (χ4v) is 1.93. The number of anilines is 2. The number of sulfonamides is 1. The van der Waals surface area contributed by atoms with Crippen molar-refractivity contribution >= 4 is 21.9 Å². The molecule has 0 aromatic carbocycles. The van der Waals surface area contributed by atoms with Gasteiger partial charge in [0.2, 0.25) is 27.9 Å². The quantitative estimate of drug-likeness (QED) is 0.559. The van der Waals surface area contributed by atoms with Gasteiger partial charge in [0.15, 0.2) is 0 Å². The molecule has 0 aliphatic heterocycles. The second-order valence-corrected chi connectivity index (χ2v) is 5.93. The van der Waals surface area contributed by atoms with Crippen molar-refractivity contribution < 1.29 is 8.42 Å². The number of nitrogens with one attached hydrogen (secondary N) is 3. The Balaban J connectivity index is 2.07. The zero-order chi connectivity index (χ0) is 15.3. The fourth-order valence-electron chi connectivity index (χ4n) is 1.46. The lowest BCUT2D eigenvalue weighted by Gasteiger charge is -2.09. The molecule has 0 aliphatic carbocycles. The summed E-state index contributed by atoms with van der Waals surface area (Å²) in [6, 6.07) is 0. The van der Waals surface area contributed by atoms with Crippen LogP contribution < -0.4 is 15.4 Å². The van der Waals surface area contributed by atoms with E-state index in [-0.39, 0.29) is 6.54 Å². The Morgan fingerprint density at radius 1 is 1.19 bits per heavy atom. The first-order valence-electron chi connectivity index (χ1n) is 6.08. The Labute approximate surface area is 122 Å². The van der Waals surface area contributed by atoms with Crippen LogP contribution in [-0.2, 0) is 10.0 Å². The highest BCUT2D eigenvalue weighted by Gasteiger charge is 2.07. The summed E-state index contributed by atoms with van der Waals surface area (Å²) in [7, 11) is -1.51. The van der Waals surface area contributed by atoms with Gasteiger partial charge in [0.05, 0.1) is 6.26 Å². The first-order valence-corrected chi connectivity index (χ1v) is 7.98. The number of imidazole rings is 1. The topological polar surface area (TPSA) is 127 Å². The Kier molecular flexibility index (Phi) is 4.65. The normalized spacial score (nSPS) is 11.3. The van der Waals surface area contributed by atoms with E-state index in [0.29, 0.717) is 24.4 Å². The van der Waals surface area contributed by atoms with E-state index in [1.54, 1.807) is 30.3 Å². The maximum atomic E-state index is 11.0. The highest BCUT2D eigenvalue weighted by Crippen LogP contribution is 2.08. The first kappa shape index (κ1) is 15.1. The van der Waals surface area contributed by atoms with Crippen LogP contribution in [0, 0.1) is 0 Å². The molecule has 21 heavy (non-hydrogen) atoms. The lowest BCUT2D eigenvalue weighted by molar-refractivity contribution is 0.589. The number of nitrogens with zero attached hydrogens (tertiary/aromatic N) is 5. The van der Waals surface area contributed by atoms with E-state index in [4.69, 9.17) is 0 Å². The summed E-state index contributed by atoms with van der Waals surface area (Å²) in [5, 5.41) is 5.77. The highest BCUT2D eigenvalue weighted by molar-refractivity contribution is 7.88. The number of rotatable bonds is 7. The van der Waals surface area contributed by atoms with Gasteiger partial charge in [-0.25, -0.2) is 18.1 Å². The molecule has 11 heteroatoms. The van der Waals surface area contributed by atoms with Crippen molar-refractivity contribution in [2.75, 3.05) is 37.0 Å². The van der Waals surface area contributed by atoms with E-state index in [1.807, 2.05) is 0 Å². The third-order valence-electron chi connectivity index (χ3n) is 2.35. The van der Waals surface area contributed by atoms with Gasteiger partial charge < -0.3 is 10.6 Å². The molecule has 0 aliphatic rings. The van der Waals surface area contributed by atoms with Gasteiger partial charge in [-0.15, -0.1) is 0 Å². The Morgan fingerprint density at radius 3 is 2.57 bits per heavy atom. The lowest BCUT2D eigenvalue weighted by Crippen LogP contribution is -2.28. The van der Waals surface area contributed by atoms with Crippen molar-refractivity contribution in [1.29, 1.82) is 0 Å². The van der Waals surface area contributed by atoms with E-state index in [1.165, 1.54) is 0 Å². The number of hydrogen-bond donors (Lipinski definition) is 3. The summed E-state index contributed by atoms with van der Waals surface area (Å²) >= 11 is 0. The third-order valence-corrected chi connectivity index (χ3v) is 3.08. The fraction of sp³-hybridized carbons (Fsp3) is 0.400. The SMILES string of the molecule is CNc1nc(NCCNS(C)(=O)=O)nc(-n2ccnc2)n1. The molecule has 3 N–H and O–H groups in total. The Bertz CT molecular complexity index is 685. The van der Waals surface area contributed by atoms with Gasteiger partial charge >= 0.3 is 0 Å². The predicted molar refractivity (Wildman–Crippen MR) is 77.8 cm³/mol. The molecule has 0 saturated carbocycles. The second-order valence-electron chi connectivity index (χ2n) is 4.10. The first-order chi connectivity index (χ1) is 9.98. The molecular weight excluding hydrogens is 296 g/mol. The summed E-state index contributed by atoms with van der Waals surface area (Å²) < 4.78 is 25.9. The average Bonchev–Trinajstić information content (AvgIpc) is 2.96. The summed E-state index contributed by atoms with van der Waals surface area (Å²) in [5.41, 5.74) is 0. The molecule has 0 fully saturated rings. The summed E-state index contributed by atoms with van der Waals surface area (Å²) in [6.45, 7) is 0.587. The third kappa shape index (κ3) is 4.65. The molecular formula is C10H16N8O2S. The largest absolute Gasteiger partial charge is 0.357 e. The van der Waals surface area contributed by atoms with Gasteiger partial charge in [-0.05, 0) is 0 Å². The van der Waals surface area contributed by atoms with Crippen LogP contribution in [0.3, 0.4) is 0 Å². The summed E-state index contributed by atoms with van der Waals surface area (Å²) in [4.78, 5) is 16.5. The number of hydrogen-bond acceptors (Lipinski definition) is 8. The maximum Gasteiger partial charge on any atom is 0.241 e. The second kappa shape index (κ2) is 6.45. The van der Waals surface area contributed by atoms with Crippen molar-refractivity contribution in [2.45, 2.75) is 0 Å². The zero-order valence-corrected chi connectivity index (χ0v) is 12.4. The van der Waals surface area contributed by atoms with Crippen LogP contribution in [0.1, 0.15) is 0 Å². The van der Waals surface area contributed by atoms with Crippen LogP contribution in [0.5, 0.6) is 0 Å². The minimum Gasteiger partial charge on any atom is -0.357 e. The monoisotopic (exact) mass is 312 g/mol. The minimum absolute atomic E-state index is 0.236. The molecule has 0 unspecified atom stereocenters. The summed E-state index contributed by atoms with van der Waals surface area (Å²) in [5.74, 6) is 1.14. The van der Waals surface area contributed by atoms with E-state index in [2.05, 4.69) is 35.3 Å². The molecule has 0 atom stereocenters. The zero-order valence-electron chi connectivity index (χ0n) is 11.6. The molecule has 2 rings (SSSR count). The van der Waals surface area contributed by atoms with Crippen molar-refractivity contribution in [3.05, 3.63) is 18.7 Å². The van der Waals surface area contributed by atoms with Crippen LogP contribution in [0.2, 0.25) is 0 Å². The highest BCUT2D eigenvalue weighted by atomic mass is 32.2. The molecule has 0 amide bonds. The van der Waals surface area contributed by atoms with Gasteiger partial charge in [-0.1, -0.05) is 0 Å². The van der Waals surface area contributed by atoms with E-state index < -0.39 is 10.0 Å². The molecule has 0 spiro atoms. The molecule has 0 bridgehead atoms. The van der Waals surface area contributed by atoms with Gasteiger partial charge in [0, 0.05) is 32.5 Å². The van der Waals surface area contributed by atoms with E-state index >= 15 is 0 Å². The molecule has 2 heterocycles. The molecule has 114 valence electrons.